The molecule has 24 heavy (non-hydrogen) atoms. The van der Waals surface area contributed by atoms with Crippen molar-refractivity contribution >= 4 is 11.7 Å². The van der Waals surface area contributed by atoms with E-state index >= 15 is 0 Å². The van der Waals surface area contributed by atoms with Crippen LogP contribution >= 0.6 is 0 Å². The lowest BCUT2D eigenvalue weighted by molar-refractivity contribution is 0.192. The molecule has 1 atom stereocenters. The quantitative estimate of drug-likeness (QED) is 0.855. The molecule has 0 radical (unpaired) electrons. The molecule has 1 aromatic carbocycles. The van der Waals surface area contributed by atoms with Gasteiger partial charge in [-0.2, -0.15) is 0 Å². The van der Waals surface area contributed by atoms with Gasteiger partial charge in [-0.05, 0) is 38.3 Å². The van der Waals surface area contributed by atoms with Gasteiger partial charge in [-0.1, -0.05) is 6.42 Å². The first-order chi connectivity index (χ1) is 11.5. The van der Waals surface area contributed by atoms with E-state index in [-0.39, 0.29) is 5.69 Å². The van der Waals surface area contributed by atoms with Gasteiger partial charge in [-0.15, -0.1) is 0 Å². The molecule has 2 heterocycles. The molecule has 2 saturated heterocycles. The molecule has 2 amide bonds. The summed E-state index contributed by atoms with van der Waals surface area (Å²) in [5.41, 5.74) is -0.335. The fourth-order valence-electron chi connectivity index (χ4n) is 3.49. The number of piperidine rings is 1. The predicted molar refractivity (Wildman–Crippen MR) is 85.3 cm³/mol. The minimum absolute atomic E-state index is 0.335. The Bertz CT molecular complexity index is 605. The van der Waals surface area contributed by atoms with Crippen LogP contribution in [0.1, 0.15) is 25.7 Å². The highest BCUT2D eigenvalue weighted by Crippen LogP contribution is 2.22. The number of hydrogen-bond donors (Lipinski definition) is 1. The van der Waals surface area contributed by atoms with Crippen molar-refractivity contribution in [1.82, 2.24) is 9.80 Å². The van der Waals surface area contributed by atoms with Crippen molar-refractivity contribution in [3.63, 3.8) is 0 Å². The topological polar surface area (TPSA) is 35.6 Å². The second kappa shape index (κ2) is 7.42. The van der Waals surface area contributed by atoms with Gasteiger partial charge in [0.15, 0.2) is 11.6 Å². The molecule has 4 nitrogen and oxygen atoms in total. The molecule has 0 aliphatic carbocycles. The van der Waals surface area contributed by atoms with Crippen molar-refractivity contribution in [3.05, 3.63) is 29.6 Å². The van der Waals surface area contributed by atoms with Crippen LogP contribution in [0.3, 0.4) is 0 Å². The molecule has 1 N–H and O–H groups in total. The predicted octanol–water partition coefficient (Wildman–Crippen LogP) is 3.44. The molecule has 0 bridgehead atoms. The molecule has 0 spiro atoms. The molecule has 7 heteroatoms. The molecule has 2 aliphatic rings. The van der Waals surface area contributed by atoms with Gasteiger partial charge >= 0.3 is 6.03 Å². The van der Waals surface area contributed by atoms with Crippen LogP contribution in [-0.2, 0) is 0 Å². The summed E-state index contributed by atoms with van der Waals surface area (Å²) in [6.07, 6.45) is 4.65. The van der Waals surface area contributed by atoms with E-state index < -0.39 is 23.5 Å². The zero-order chi connectivity index (χ0) is 17.1. The maximum atomic E-state index is 13.6. The smallest absolute Gasteiger partial charge is 0.321 e. The normalized spacial score (nSPS) is 22.0. The summed E-state index contributed by atoms with van der Waals surface area (Å²) in [4.78, 5) is 16.3. The second-order valence-corrected chi connectivity index (χ2v) is 6.64. The highest BCUT2D eigenvalue weighted by atomic mass is 19.2. The van der Waals surface area contributed by atoms with E-state index in [9.17, 15) is 18.0 Å². The van der Waals surface area contributed by atoms with Crippen LogP contribution in [0.4, 0.5) is 23.7 Å². The Balaban J connectivity index is 1.54. The molecule has 2 aliphatic heterocycles. The summed E-state index contributed by atoms with van der Waals surface area (Å²) in [7, 11) is 0. The molecule has 3 rings (SSSR count). The lowest BCUT2D eigenvalue weighted by atomic mass is 10.1. The lowest BCUT2D eigenvalue weighted by Crippen LogP contribution is -2.37. The molecule has 1 aromatic rings. The van der Waals surface area contributed by atoms with Gasteiger partial charge in [0.25, 0.3) is 0 Å². The second-order valence-electron chi connectivity index (χ2n) is 6.64. The van der Waals surface area contributed by atoms with E-state index in [1.807, 2.05) is 0 Å². The third kappa shape index (κ3) is 4.01. The zero-order valence-corrected chi connectivity index (χ0v) is 13.5. The van der Waals surface area contributed by atoms with Gasteiger partial charge in [-0.3, -0.25) is 0 Å². The molecular formula is C17H22F3N3O. The van der Waals surface area contributed by atoms with Gasteiger partial charge in [0, 0.05) is 31.8 Å². The van der Waals surface area contributed by atoms with Crippen LogP contribution in [0, 0.1) is 23.4 Å². The van der Waals surface area contributed by atoms with Crippen LogP contribution in [0.2, 0.25) is 0 Å². The third-order valence-corrected chi connectivity index (χ3v) is 4.79. The Morgan fingerprint density at radius 3 is 2.50 bits per heavy atom. The number of hydrogen-bond acceptors (Lipinski definition) is 2. The summed E-state index contributed by atoms with van der Waals surface area (Å²) in [6, 6.07) is 0.638. The SMILES string of the molecule is O=C(Nc1cc(F)c(F)cc1F)N1CCC(CN2CCCCC2)C1. The molecule has 1 unspecified atom stereocenters. The van der Waals surface area contributed by atoms with E-state index in [1.165, 1.54) is 19.3 Å². The van der Waals surface area contributed by atoms with Crippen molar-refractivity contribution in [1.29, 1.82) is 0 Å². The molecular weight excluding hydrogens is 319 g/mol. The highest BCUT2D eigenvalue weighted by Gasteiger charge is 2.28. The van der Waals surface area contributed by atoms with E-state index in [4.69, 9.17) is 0 Å². The number of amides is 2. The van der Waals surface area contributed by atoms with Gasteiger partial charge < -0.3 is 15.1 Å². The number of likely N-dealkylation sites (tertiary alicyclic amines) is 2. The van der Waals surface area contributed by atoms with E-state index in [2.05, 4.69) is 10.2 Å². The molecule has 0 saturated carbocycles. The highest BCUT2D eigenvalue weighted by molar-refractivity contribution is 5.89. The van der Waals surface area contributed by atoms with Crippen LogP contribution < -0.4 is 5.32 Å². The van der Waals surface area contributed by atoms with Gasteiger partial charge in [0.05, 0.1) is 5.69 Å². The third-order valence-electron chi connectivity index (χ3n) is 4.79. The molecule has 0 aromatic heterocycles. The van der Waals surface area contributed by atoms with Crippen molar-refractivity contribution in [2.24, 2.45) is 5.92 Å². The average Bonchev–Trinajstić information content (AvgIpc) is 3.02. The van der Waals surface area contributed by atoms with E-state index in [1.54, 1.807) is 4.90 Å². The maximum Gasteiger partial charge on any atom is 0.321 e. The van der Waals surface area contributed by atoms with Gasteiger partial charge in [0.2, 0.25) is 0 Å². The number of rotatable bonds is 3. The fraction of sp³-hybridized carbons (Fsp3) is 0.588. The Hall–Kier alpha value is -1.76. The summed E-state index contributed by atoms with van der Waals surface area (Å²) in [5, 5.41) is 2.34. The van der Waals surface area contributed by atoms with Crippen molar-refractivity contribution in [2.45, 2.75) is 25.7 Å². The average molecular weight is 341 g/mol. The summed E-state index contributed by atoms with van der Waals surface area (Å²) < 4.78 is 39.7. The Labute approximate surface area is 139 Å². The number of benzene rings is 1. The largest absolute Gasteiger partial charge is 0.324 e. The van der Waals surface area contributed by atoms with Crippen molar-refractivity contribution in [2.75, 3.05) is 38.0 Å². The van der Waals surface area contributed by atoms with Crippen LogP contribution in [-0.4, -0.2) is 48.6 Å². The van der Waals surface area contributed by atoms with Crippen LogP contribution in [0.15, 0.2) is 12.1 Å². The fourth-order valence-corrected chi connectivity index (χ4v) is 3.49. The number of nitrogens with zero attached hydrogens (tertiary/aromatic N) is 2. The Morgan fingerprint density at radius 1 is 1.04 bits per heavy atom. The van der Waals surface area contributed by atoms with Crippen molar-refractivity contribution < 1.29 is 18.0 Å². The van der Waals surface area contributed by atoms with Gasteiger partial charge in [0.1, 0.15) is 5.82 Å². The van der Waals surface area contributed by atoms with E-state index in [0.717, 1.165) is 26.1 Å². The van der Waals surface area contributed by atoms with Crippen LogP contribution in [0.25, 0.3) is 0 Å². The summed E-state index contributed by atoms with van der Waals surface area (Å²) >= 11 is 0. The van der Waals surface area contributed by atoms with E-state index in [0.29, 0.717) is 31.1 Å². The summed E-state index contributed by atoms with van der Waals surface area (Å²) in [5.74, 6) is -3.03. The number of nitrogens with one attached hydrogen (secondary N) is 1. The monoisotopic (exact) mass is 341 g/mol. The number of carbonyl (C=O) groups excluding carboxylic acids is 1. The first-order valence-electron chi connectivity index (χ1n) is 8.46. The summed E-state index contributed by atoms with van der Waals surface area (Å²) in [6.45, 7) is 4.40. The lowest BCUT2D eigenvalue weighted by Gasteiger charge is -2.29. The van der Waals surface area contributed by atoms with Gasteiger partial charge in [-0.25, -0.2) is 18.0 Å². The minimum Gasteiger partial charge on any atom is -0.324 e. The van der Waals surface area contributed by atoms with Crippen LogP contribution in [0.5, 0.6) is 0 Å². The standard InChI is InChI=1S/C17H22F3N3O/c18-13-8-15(20)16(9-14(13)19)21-17(24)23-7-4-12(11-23)10-22-5-2-1-3-6-22/h8-9,12H,1-7,10-11H2,(H,21,24). The number of halogens is 3. The zero-order valence-electron chi connectivity index (χ0n) is 13.5. The first-order valence-corrected chi connectivity index (χ1v) is 8.46. The Morgan fingerprint density at radius 2 is 1.75 bits per heavy atom. The maximum absolute atomic E-state index is 13.6. The first kappa shape index (κ1) is 17.1. The molecule has 2 fully saturated rings. The Kier molecular flexibility index (Phi) is 5.28. The number of urea groups is 1. The van der Waals surface area contributed by atoms with Crippen molar-refractivity contribution in [3.8, 4) is 0 Å². The number of carbonyl (C=O) groups is 1. The molecule has 132 valence electrons. The number of anilines is 1. The minimum atomic E-state index is -1.27.